The van der Waals surface area contributed by atoms with E-state index in [1.165, 1.54) is 14.2 Å². The second-order valence-electron chi connectivity index (χ2n) is 8.68. The smallest absolute Gasteiger partial charge is 0.305 e. The highest BCUT2D eigenvalue weighted by atomic mass is 127. The number of aliphatic imine (C=N–C) groups is 1. The summed E-state index contributed by atoms with van der Waals surface area (Å²) >= 11 is 2.19. The number of primary amides is 1. The van der Waals surface area contributed by atoms with Crippen molar-refractivity contribution in [2.24, 2.45) is 22.6 Å². The van der Waals surface area contributed by atoms with Crippen LogP contribution in [-0.4, -0.2) is 40.8 Å². The van der Waals surface area contributed by atoms with Crippen LogP contribution in [0.15, 0.2) is 21.8 Å². The molecule has 0 radical (unpaired) electrons. The predicted molar refractivity (Wildman–Crippen MR) is 148 cm³/mol. The van der Waals surface area contributed by atoms with Gasteiger partial charge in [-0.3, -0.25) is 14.4 Å². The molecule has 0 bridgehead atoms. The number of nitrogens with two attached hydrogens (primary N) is 1. The molecular weight excluding hydrogens is 573 g/mol. The second kappa shape index (κ2) is 13.4. The summed E-state index contributed by atoms with van der Waals surface area (Å²) < 4.78 is 10.5. The number of carbonyl (C=O) groups excluding carboxylic acids is 3. The summed E-state index contributed by atoms with van der Waals surface area (Å²) in [7, 11) is 2.74. The number of halogens is 1. The molecule has 0 aromatic carbocycles. The number of nitrogens with zero attached hydrogens (tertiary/aromatic N) is 1. The summed E-state index contributed by atoms with van der Waals surface area (Å²) in [6, 6.07) is 0. The zero-order valence-corrected chi connectivity index (χ0v) is 23.9. The maximum atomic E-state index is 11.9. The van der Waals surface area contributed by atoms with E-state index in [4.69, 9.17) is 20.2 Å². The number of carbonyl (C=O) groups is 3. The van der Waals surface area contributed by atoms with Crippen molar-refractivity contribution in [2.45, 2.75) is 59.8 Å². The first-order chi connectivity index (χ1) is 17.0. The molecule has 3 N–H and O–H groups in total. The Morgan fingerprint density at radius 1 is 1.14 bits per heavy atom. The Labute approximate surface area is 226 Å². The predicted octanol–water partition coefficient (Wildman–Crippen LogP) is 4.39. The minimum absolute atomic E-state index is 0.202. The first kappa shape index (κ1) is 29.4. The zero-order valence-electron chi connectivity index (χ0n) is 21.7. The summed E-state index contributed by atoms with van der Waals surface area (Å²) in [5, 5.41) is 0. The topological polar surface area (TPSA) is 124 Å². The molecule has 0 fully saturated rings. The number of amides is 1. The van der Waals surface area contributed by atoms with Gasteiger partial charge in [0.1, 0.15) is 3.72 Å². The van der Waals surface area contributed by atoms with Gasteiger partial charge in [-0.1, -0.05) is 19.8 Å². The Morgan fingerprint density at radius 2 is 1.75 bits per heavy atom. The number of ether oxygens (including phenoxy) is 2. The van der Waals surface area contributed by atoms with Gasteiger partial charge in [0.05, 0.1) is 31.5 Å². The minimum atomic E-state index is -0.359. The van der Waals surface area contributed by atoms with Crippen LogP contribution in [0.3, 0.4) is 0 Å². The lowest BCUT2D eigenvalue weighted by Gasteiger charge is -2.13. The van der Waals surface area contributed by atoms with Crippen molar-refractivity contribution in [3.05, 3.63) is 39.4 Å². The van der Waals surface area contributed by atoms with E-state index in [0.29, 0.717) is 25.0 Å². The molecule has 0 saturated heterocycles. The number of methoxy groups -OCH3 is 2. The third-order valence-electron chi connectivity index (χ3n) is 6.43. The summed E-state index contributed by atoms with van der Waals surface area (Å²) in [6.07, 6.45) is 4.01. The molecule has 0 spiro atoms. The van der Waals surface area contributed by atoms with Crippen LogP contribution in [0, 0.1) is 30.6 Å². The molecule has 0 saturated carbocycles. The van der Waals surface area contributed by atoms with E-state index in [0.717, 1.165) is 37.4 Å². The second-order valence-corrected chi connectivity index (χ2v) is 9.70. The van der Waals surface area contributed by atoms with Gasteiger partial charge in [-0.25, -0.2) is 4.99 Å². The third-order valence-corrected chi connectivity index (χ3v) is 7.48. The van der Waals surface area contributed by atoms with Crippen LogP contribution < -0.4 is 5.73 Å². The highest BCUT2D eigenvalue weighted by Gasteiger charge is 2.22. The van der Waals surface area contributed by atoms with Crippen molar-refractivity contribution >= 4 is 50.2 Å². The SMILES string of the molecule is CC[C@@H](C(N)=O)[C@@H](C)C#Cc1[nH]c(/C=C2\N=C(I)C(C)=C2CCC(=O)OC)c(CCC(=O)OC)c1C. The van der Waals surface area contributed by atoms with Crippen LogP contribution in [0.4, 0.5) is 0 Å². The van der Waals surface area contributed by atoms with E-state index in [9.17, 15) is 14.4 Å². The number of aromatic nitrogens is 1. The monoisotopic (exact) mass is 607 g/mol. The van der Waals surface area contributed by atoms with Crippen LogP contribution >= 0.6 is 22.6 Å². The van der Waals surface area contributed by atoms with Crippen molar-refractivity contribution < 1.29 is 23.9 Å². The normalized spacial score (nSPS) is 15.8. The van der Waals surface area contributed by atoms with Gasteiger partial charge in [-0.15, -0.1) is 0 Å². The zero-order chi connectivity index (χ0) is 27.0. The fourth-order valence-corrected chi connectivity index (χ4v) is 4.70. The Kier molecular flexibility index (Phi) is 11.0. The lowest BCUT2D eigenvalue weighted by atomic mass is 9.91. The van der Waals surface area contributed by atoms with Gasteiger partial charge in [-0.05, 0) is 90.0 Å². The number of aromatic amines is 1. The van der Waals surface area contributed by atoms with Crippen molar-refractivity contribution in [3.8, 4) is 11.8 Å². The molecular formula is C27H34IN3O5. The molecule has 1 amide bonds. The lowest BCUT2D eigenvalue weighted by molar-refractivity contribution is -0.141. The van der Waals surface area contributed by atoms with E-state index in [1.54, 1.807) is 0 Å². The number of hydrogen-bond donors (Lipinski definition) is 2. The number of esters is 2. The van der Waals surface area contributed by atoms with Gasteiger partial charge in [0.25, 0.3) is 0 Å². The van der Waals surface area contributed by atoms with E-state index >= 15 is 0 Å². The van der Waals surface area contributed by atoms with Crippen LogP contribution in [0.5, 0.6) is 0 Å². The molecule has 0 aliphatic carbocycles. The Morgan fingerprint density at radius 3 is 2.31 bits per heavy atom. The molecule has 1 aliphatic heterocycles. The molecule has 9 heteroatoms. The van der Waals surface area contributed by atoms with Crippen LogP contribution in [0.25, 0.3) is 6.08 Å². The highest BCUT2D eigenvalue weighted by Crippen LogP contribution is 2.34. The minimum Gasteiger partial charge on any atom is -0.469 e. The van der Waals surface area contributed by atoms with E-state index < -0.39 is 0 Å². The Balaban J connectivity index is 2.51. The van der Waals surface area contributed by atoms with Crippen molar-refractivity contribution in [3.63, 3.8) is 0 Å². The molecule has 194 valence electrons. The number of H-pyrrole nitrogens is 1. The highest BCUT2D eigenvalue weighted by molar-refractivity contribution is 14.1. The van der Waals surface area contributed by atoms with Gasteiger partial charge in [0, 0.05) is 24.5 Å². The quantitative estimate of drug-likeness (QED) is 0.232. The summed E-state index contributed by atoms with van der Waals surface area (Å²) in [4.78, 5) is 43.4. The van der Waals surface area contributed by atoms with Crippen LogP contribution in [0.1, 0.15) is 69.0 Å². The maximum absolute atomic E-state index is 11.9. The fourth-order valence-electron chi connectivity index (χ4n) is 4.12. The number of rotatable bonds is 10. The molecule has 2 heterocycles. The van der Waals surface area contributed by atoms with Gasteiger partial charge >= 0.3 is 11.9 Å². The van der Waals surface area contributed by atoms with Gasteiger partial charge in [0.2, 0.25) is 5.91 Å². The molecule has 8 nitrogen and oxygen atoms in total. The average Bonchev–Trinajstić information content (AvgIpc) is 3.28. The van der Waals surface area contributed by atoms with E-state index in [1.807, 2.05) is 33.8 Å². The van der Waals surface area contributed by atoms with E-state index in [2.05, 4.69) is 39.4 Å². The van der Waals surface area contributed by atoms with E-state index in [-0.39, 0.29) is 42.5 Å². The van der Waals surface area contributed by atoms with Gasteiger partial charge < -0.3 is 20.2 Å². The first-order valence-corrected chi connectivity index (χ1v) is 12.9. The molecule has 2 atom stereocenters. The summed E-state index contributed by atoms with van der Waals surface area (Å²) in [5.74, 6) is 4.87. The first-order valence-electron chi connectivity index (χ1n) is 11.9. The molecule has 1 aromatic heterocycles. The number of nitrogens with one attached hydrogen (secondary N) is 1. The molecule has 1 aromatic rings. The van der Waals surface area contributed by atoms with Gasteiger partial charge in [-0.2, -0.15) is 0 Å². The Bertz CT molecular complexity index is 1180. The fraction of sp³-hybridized carbons (Fsp3) is 0.481. The maximum Gasteiger partial charge on any atom is 0.305 e. The molecule has 2 rings (SSSR count). The third kappa shape index (κ3) is 7.32. The van der Waals surface area contributed by atoms with Crippen molar-refractivity contribution in [1.29, 1.82) is 0 Å². The largest absolute Gasteiger partial charge is 0.469 e. The number of allylic oxidation sites excluding steroid dienone is 2. The standard InChI is InChI=1S/C27H34IN3O5/c1-7-18(27(29)34)15(2)8-11-21-16(3)19(9-12-24(32)35-5)22(30-21)14-23-20(10-13-25(33)36-6)17(4)26(28)31-23/h14-15,18,30H,7,9-10,12-13H2,1-6H3,(H2,29,34)/b23-14-/t15-,18+/m0/s1. The molecule has 0 unspecified atom stereocenters. The molecule has 36 heavy (non-hydrogen) atoms. The molecule has 1 aliphatic rings. The van der Waals surface area contributed by atoms with Gasteiger partial charge in [0.15, 0.2) is 0 Å². The van der Waals surface area contributed by atoms with Crippen molar-refractivity contribution in [2.75, 3.05) is 14.2 Å². The number of hydrogen-bond acceptors (Lipinski definition) is 6. The Hall–Kier alpha value is -2.87. The van der Waals surface area contributed by atoms with Crippen molar-refractivity contribution in [1.82, 2.24) is 4.98 Å². The van der Waals surface area contributed by atoms with Crippen LogP contribution in [-0.2, 0) is 30.3 Å². The summed E-state index contributed by atoms with van der Waals surface area (Å²) in [6.45, 7) is 7.74. The average molecular weight is 607 g/mol. The summed E-state index contributed by atoms with van der Waals surface area (Å²) in [5.41, 5.74) is 11.6. The lowest BCUT2D eigenvalue weighted by Crippen LogP contribution is -2.27. The van der Waals surface area contributed by atoms with Crippen LogP contribution in [0.2, 0.25) is 0 Å².